The topological polar surface area (TPSA) is 117 Å². The molecule has 2 aliphatic rings. The van der Waals surface area contributed by atoms with E-state index in [0.29, 0.717) is 17.4 Å². The van der Waals surface area contributed by atoms with Crippen molar-refractivity contribution in [1.29, 1.82) is 0 Å². The van der Waals surface area contributed by atoms with Gasteiger partial charge in [-0.05, 0) is 37.8 Å². The molecule has 0 radical (unpaired) electrons. The Labute approximate surface area is 197 Å². The van der Waals surface area contributed by atoms with Crippen LogP contribution in [0, 0.1) is 0 Å². The molecule has 2 saturated heterocycles. The van der Waals surface area contributed by atoms with E-state index >= 15 is 0 Å². The number of aliphatic hydroxyl groups excluding tert-OH is 1. The van der Waals surface area contributed by atoms with Crippen molar-refractivity contribution in [2.24, 2.45) is 0 Å². The molecule has 0 spiro atoms. The van der Waals surface area contributed by atoms with E-state index in [1.807, 2.05) is 27.7 Å². The largest absolute Gasteiger partial charge is 0.491 e. The molecule has 4 heterocycles. The molecule has 2 fully saturated rings. The lowest BCUT2D eigenvalue weighted by atomic mass is 9.97. The van der Waals surface area contributed by atoms with Gasteiger partial charge in [0.15, 0.2) is 0 Å². The van der Waals surface area contributed by atoms with Crippen molar-refractivity contribution in [3.8, 4) is 5.75 Å². The Morgan fingerprint density at radius 1 is 1.06 bits per heavy atom. The second-order valence-corrected chi connectivity index (χ2v) is 8.97. The molecule has 1 aromatic carbocycles. The van der Waals surface area contributed by atoms with Crippen LogP contribution in [0.4, 0.5) is 0 Å². The quantitative estimate of drug-likeness (QED) is 0.565. The van der Waals surface area contributed by atoms with Gasteiger partial charge < -0.3 is 24.6 Å². The first-order chi connectivity index (χ1) is 16.6. The molecule has 2 aliphatic heterocycles. The third-order valence-electron chi connectivity index (χ3n) is 6.99. The van der Waals surface area contributed by atoms with Crippen molar-refractivity contribution in [2.45, 2.75) is 37.8 Å². The summed E-state index contributed by atoms with van der Waals surface area (Å²) >= 11 is 0. The summed E-state index contributed by atoms with van der Waals surface area (Å²) in [4.78, 5) is 40.6. The molecule has 0 unspecified atom stereocenters. The highest BCUT2D eigenvalue weighted by atomic mass is 16.5. The molecule has 180 valence electrons. The molecule has 0 aliphatic carbocycles. The number of imidazole rings is 1. The van der Waals surface area contributed by atoms with Gasteiger partial charge in [-0.1, -0.05) is 0 Å². The molecule has 0 atom stereocenters. The number of hydrogen-bond acceptors (Lipinski definition) is 7. The smallest absolute Gasteiger partial charge is 0.326 e. The van der Waals surface area contributed by atoms with E-state index in [1.165, 1.54) is 6.33 Å². The van der Waals surface area contributed by atoms with Gasteiger partial charge in [0.25, 0.3) is 5.91 Å². The Balaban J connectivity index is 1.18. The van der Waals surface area contributed by atoms with Crippen molar-refractivity contribution in [2.75, 3.05) is 39.4 Å². The number of amides is 1. The van der Waals surface area contributed by atoms with E-state index < -0.39 is 0 Å². The zero-order valence-corrected chi connectivity index (χ0v) is 19.1. The lowest BCUT2D eigenvalue weighted by Gasteiger charge is -2.42. The third-order valence-corrected chi connectivity index (χ3v) is 6.99. The SMILES string of the molecule is O=C(c1cncnc1)N1CCC(N2CCC(n3c(=O)[nH]c4cc(OCCO)ccc43)CC2)CC1. The number of H-pyrrole nitrogens is 1. The normalized spacial score (nSPS) is 18.4. The summed E-state index contributed by atoms with van der Waals surface area (Å²) < 4.78 is 7.35. The van der Waals surface area contributed by atoms with Gasteiger partial charge in [0, 0.05) is 56.7 Å². The number of aromatic nitrogens is 4. The van der Waals surface area contributed by atoms with Crippen LogP contribution in [-0.4, -0.2) is 85.8 Å². The van der Waals surface area contributed by atoms with Crippen molar-refractivity contribution in [3.05, 3.63) is 53.0 Å². The van der Waals surface area contributed by atoms with Gasteiger partial charge in [-0.25, -0.2) is 14.8 Å². The molecule has 0 saturated carbocycles. The molecule has 34 heavy (non-hydrogen) atoms. The van der Waals surface area contributed by atoms with Crippen LogP contribution < -0.4 is 10.4 Å². The summed E-state index contributed by atoms with van der Waals surface area (Å²) in [5.41, 5.74) is 2.09. The van der Waals surface area contributed by atoms with Crippen LogP contribution in [0.5, 0.6) is 5.75 Å². The lowest BCUT2D eigenvalue weighted by molar-refractivity contribution is 0.0557. The number of fused-ring (bicyclic) bond motifs is 1. The average Bonchev–Trinajstić information content (AvgIpc) is 3.22. The van der Waals surface area contributed by atoms with Gasteiger partial charge in [0.1, 0.15) is 18.7 Å². The van der Waals surface area contributed by atoms with Crippen LogP contribution in [-0.2, 0) is 0 Å². The fourth-order valence-electron chi connectivity index (χ4n) is 5.26. The number of ether oxygens (including phenoxy) is 1. The predicted molar refractivity (Wildman–Crippen MR) is 126 cm³/mol. The first-order valence-corrected chi connectivity index (χ1v) is 11.9. The van der Waals surface area contributed by atoms with Gasteiger partial charge in [-0.2, -0.15) is 0 Å². The molecule has 5 rings (SSSR count). The zero-order chi connectivity index (χ0) is 23.5. The highest BCUT2D eigenvalue weighted by Crippen LogP contribution is 2.29. The predicted octanol–water partition coefficient (Wildman–Crippen LogP) is 1.43. The molecule has 2 N–H and O–H groups in total. The second-order valence-electron chi connectivity index (χ2n) is 8.97. The summed E-state index contributed by atoms with van der Waals surface area (Å²) in [5, 5.41) is 8.95. The minimum absolute atomic E-state index is 0.00128. The van der Waals surface area contributed by atoms with E-state index in [-0.39, 0.29) is 30.9 Å². The van der Waals surface area contributed by atoms with Crippen LogP contribution in [0.1, 0.15) is 42.1 Å². The number of nitrogens with one attached hydrogen (secondary N) is 1. The Hall–Kier alpha value is -3.24. The molecule has 1 amide bonds. The van der Waals surface area contributed by atoms with Crippen molar-refractivity contribution >= 4 is 16.9 Å². The third kappa shape index (κ3) is 4.55. The molecular formula is C24H30N6O4. The number of rotatable bonds is 6. The molecule has 2 aromatic heterocycles. The molecular weight excluding hydrogens is 436 g/mol. The standard InChI is InChI=1S/C24H30N6O4/c31-11-12-34-20-1-2-22-21(13-20)27-24(33)30(22)19-5-7-28(8-6-19)18-3-9-29(10-4-18)23(32)17-14-25-16-26-15-17/h1-2,13-16,18-19,31H,3-12H2,(H,27,33). The zero-order valence-electron chi connectivity index (χ0n) is 19.1. The Bertz CT molecular complexity index is 1180. The van der Waals surface area contributed by atoms with Crippen molar-refractivity contribution in [1.82, 2.24) is 29.3 Å². The fourth-order valence-corrected chi connectivity index (χ4v) is 5.26. The number of benzene rings is 1. The summed E-state index contributed by atoms with van der Waals surface area (Å²) in [6.45, 7) is 3.52. The van der Waals surface area contributed by atoms with Gasteiger partial charge in [-0.15, -0.1) is 0 Å². The lowest BCUT2D eigenvalue weighted by Crippen LogP contribution is -2.49. The monoisotopic (exact) mass is 466 g/mol. The van der Waals surface area contributed by atoms with E-state index in [2.05, 4.69) is 19.9 Å². The molecule has 0 bridgehead atoms. The Morgan fingerprint density at radius 2 is 1.76 bits per heavy atom. The number of hydrogen-bond donors (Lipinski definition) is 2. The van der Waals surface area contributed by atoms with Crippen molar-refractivity contribution < 1.29 is 14.6 Å². The van der Waals surface area contributed by atoms with Crippen LogP contribution in [0.25, 0.3) is 11.0 Å². The minimum Gasteiger partial charge on any atom is -0.491 e. The second kappa shape index (κ2) is 9.94. The number of carbonyl (C=O) groups excluding carboxylic acids is 1. The minimum atomic E-state index is -0.0931. The average molecular weight is 467 g/mol. The van der Waals surface area contributed by atoms with Gasteiger partial charge in [0.05, 0.1) is 23.2 Å². The number of aliphatic hydroxyl groups is 1. The highest BCUT2D eigenvalue weighted by molar-refractivity contribution is 5.93. The van der Waals surface area contributed by atoms with Crippen LogP contribution in [0.15, 0.2) is 41.7 Å². The maximum Gasteiger partial charge on any atom is 0.326 e. The Morgan fingerprint density at radius 3 is 2.47 bits per heavy atom. The summed E-state index contributed by atoms with van der Waals surface area (Å²) in [7, 11) is 0. The maximum atomic E-state index is 12.7. The fraction of sp³-hybridized carbons (Fsp3) is 0.500. The van der Waals surface area contributed by atoms with Crippen LogP contribution in [0.3, 0.4) is 0 Å². The van der Waals surface area contributed by atoms with E-state index in [9.17, 15) is 9.59 Å². The summed E-state index contributed by atoms with van der Waals surface area (Å²) in [5.74, 6) is 0.635. The van der Waals surface area contributed by atoms with Crippen molar-refractivity contribution in [3.63, 3.8) is 0 Å². The van der Waals surface area contributed by atoms with Crippen LogP contribution in [0.2, 0.25) is 0 Å². The highest BCUT2D eigenvalue weighted by Gasteiger charge is 2.31. The van der Waals surface area contributed by atoms with E-state index in [4.69, 9.17) is 9.84 Å². The first-order valence-electron chi connectivity index (χ1n) is 11.9. The van der Waals surface area contributed by atoms with Gasteiger partial charge in [0.2, 0.25) is 0 Å². The van der Waals surface area contributed by atoms with E-state index in [1.54, 1.807) is 12.4 Å². The maximum absolute atomic E-state index is 12.7. The van der Waals surface area contributed by atoms with Gasteiger partial charge in [-0.3, -0.25) is 9.36 Å². The number of likely N-dealkylation sites (tertiary alicyclic amines) is 2. The number of nitrogens with zero attached hydrogens (tertiary/aromatic N) is 5. The summed E-state index contributed by atoms with van der Waals surface area (Å²) in [6, 6.07) is 6.18. The number of piperidine rings is 2. The molecule has 10 nitrogen and oxygen atoms in total. The molecule has 3 aromatic rings. The van der Waals surface area contributed by atoms with Gasteiger partial charge >= 0.3 is 5.69 Å². The molecule has 10 heteroatoms. The summed E-state index contributed by atoms with van der Waals surface area (Å²) in [6.07, 6.45) is 8.30. The van der Waals surface area contributed by atoms with E-state index in [0.717, 1.165) is 62.9 Å². The Kier molecular flexibility index (Phi) is 6.59. The number of aromatic amines is 1. The first kappa shape index (κ1) is 22.5. The van der Waals surface area contributed by atoms with Crippen LogP contribution >= 0.6 is 0 Å². The number of carbonyl (C=O) groups is 1.